The van der Waals surface area contributed by atoms with Crippen LogP contribution in [0.15, 0.2) is 0 Å². The van der Waals surface area contributed by atoms with Gasteiger partial charge >= 0.3 is 12.1 Å². The molecule has 0 radical (unpaired) electrons. The summed E-state index contributed by atoms with van der Waals surface area (Å²) >= 11 is 0. The van der Waals surface area contributed by atoms with Crippen molar-refractivity contribution in [1.82, 2.24) is 5.32 Å². The van der Waals surface area contributed by atoms with Crippen LogP contribution in [0.3, 0.4) is 0 Å². The zero-order valence-electron chi connectivity index (χ0n) is 6.51. The summed E-state index contributed by atoms with van der Waals surface area (Å²) in [4.78, 5) is 10.4. The minimum Gasteiger partial charge on any atom is -0.480 e. The maximum atomic E-state index is 12.1. The molecular weight excluding hydrogens is 187 g/mol. The highest BCUT2D eigenvalue weighted by Gasteiger charge is 2.68. The number of halogens is 3. The SMILES string of the molecule is O=C(O)[C@@H]1C[C@H]2[C@@H](N1)[C@@H]2C(F)(F)F. The van der Waals surface area contributed by atoms with E-state index in [-0.39, 0.29) is 6.42 Å². The molecule has 0 aromatic rings. The first-order chi connectivity index (χ1) is 5.91. The van der Waals surface area contributed by atoms with E-state index in [0.717, 1.165) is 0 Å². The van der Waals surface area contributed by atoms with Gasteiger partial charge in [-0.15, -0.1) is 0 Å². The zero-order chi connectivity index (χ0) is 9.80. The highest BCUT2D eigenvalue weighted by atomic mass is 19.4. The second kappa shape index (κ2) is 2.37. The molecule has 0 aromatic heterocycles. The molecule has 2 fully saturated rings. The fourth-order valence-electron chi connectivity index (χ4n) is 2.09. The Morgan fingerprint density at radius 2 is 2.08 bits per heavy atom. The third-order valence-corrected chi connectivity index (χ3v) is 2.75. The van der Waals surface area contributed by atoms with Gasteiger partial charge in [-0.3, -0.25) is 4.79 Å². The number of carboxylic acids is 1. The molecule has 6 heteroatoms. The third kappa shape index (κ3) is 1.29. The third-order valence-electron chi connectivity index (χ3n) is 2.75. The maximum Gasteiger partial charge on any atom is 0.393 e. The molecule has 1 heterocycles. The predicted octanol–water partition coefficient (Wildman–Crippen LogP) is 0.610. The first kappa shape index (κ1) is 8.80. The molecule has 0 amide bonds. The van der Waals surface area contributed by atoms with Gasteiger partial charge in [-0.05, 0) is 12.3 Å². The van der Waals surface area contributed by atoms with Crippen molar-refractivity contribution in [1.29, 1.82) is 0 Å². The highest BCUT2D eigenvalue weighted by molar-refractivity contribution is 5.74. The van der Waals surface area contributed by atoms with Crippen molar-refractivity contribution in [3.63, 3.8) is 0 Å². The summed E-state index contributed by atoms with van der Waals surface area (Å²) in [5.74, 6) is -2.89. The van der Waals surface area contributed by atoms with Gasteiger partial charge in [0.05, 0.1) is 5.92 Å². The molecular formula is C7H8F3NO2. The molecule has 2 aliphatic rings. The Morgan fingerprint density at radius 3 is 2.38 bits per heavy atom. The lowest BCUT2D eigenvalue weighted by Crippen LogP contribution is -2.37. The molecule has 1 aliphatic carbocycles. The molecule has 74 valence electrons. The maximum absolute atomic E-state index is 12.1. The van der Waals surface area contributed by atoms with E-state index >= 15 is 0 Å². The van der Waals surface area contributed by atoms with Crippen molar-refractivity contribution in [3.8, 4) is 0 Å². The summed E-state index contributed by atoms with van der Waals surface area (Å²) in [6.07, 6.45) is -4.07. The van der Waals surface area contributed by atoms with Gasteiger partial charge in [0, 0.05) is 6.04 Å². The number of carbonyl (C=O) groups is 1. The van der Waals surface area contributed by atoms with Gasteiger partial charge in [-0.2, -0.15) is 13.2 Å². The first-order valence-electron chi connectivity index (χ1n) is 3.97. The highest BCUT2D eigenvalue weighted by Crippen LogP contribution is 2.55. The summed E-state index contributed by atoms with van der Waals surface area (Å²) < 4.78 is 36.3. The average molecular weight is 195 g/mol. The molecule has 0 bridgehead atoms. The van der Waals surface area contributed by atoms with Gasteiger partial charge in [0.2, 0.25) is 0 Å². The first-order valence-corrected chi connectivity index (χ1v) is 3.97. The monoisotopic (exact) mass is 195 g/mol. The Kier molecular flexibility index (Phi) is 1.61. The summed E-state index contributed by atoms with van der Waals surface area (Å²) in [5, 5.41) is 11.0. The van der Waals surface area contributed by atoms with Gasteiger partial charge in [0.15, 0.2) is 0 Å². The van der Waals surface area contributed by atoms with Crippen LogP contribution in [0.4, 0.5) is 13.2 Å². The van der Waals surface area contributed by atoms with E-state index in [0.29, 0.717) is 0 Å². The molecule has 4 atom stereocenters. The number of fused-ring (bicyclic) bond motifs is 1. The Bertz CT molecular complexity index is 241. The number of aliphatic carboxylic acids is 1. The molecule has 2 N–H and O–H groups in total. The van der Waals surface area contributed by atoms with E-state index in [1.54, 1.807) is 0 Å². The largest absolute Gasteiger partial charge is 0.480 e. The fourth-order valence-corrected chi connectivity index (χ4v) is 2.09. The van der Waals surface area contributed by atoms with Crippen LogP contribution in [0.25, 0.3) is 0 Å². The van der Waals surface area contributed by atoms with Crippen LogP contribution in [0, 0.1) is 11.8 Å². The molecule has 1 saturated heterocycles. The lowest BCUT2D eigenvalue weighted by atomic mass is 10.1. The van der Waals surface area contributed by atoms with E-state index in [4.69, 9.17) is 5.11 Å². The van der Waals surface area contributed by atoms with Gasteiger partial charge in [-0.1, -0.05) is 0 Å². The Morgan fingerprint density at radius 1 is 1.46 bits per heavy atom. The van der Waals surface area contributed by atoms with Crippen LogP contribution < -0.4 is 5.32 Å². The Balaban J connectivity index is 1.94. The van der Waals surface area contributed by atoms with Crippen LogP contribution in [0.5, 0.6) is 0 Å². The molecule has 1 saturated carbocycles. The van der Waals surface area contributed by atoms with Crippen LogP contribution in [-0.2, 0) is 4.79 Å². The van der Waals surface area contributed by atoms with Crippen molar-refractivity contribution < 1.29 is 23.1 Å². The number of hydrogen-bond donors (Lipinski definition) is 2. The number of alkyl halides is 3. The molecule has 0 spiro atoms. The van der Waals surface area contributed by atoms with Crippen molar-refractivity contribution >= 4 is 5.97 Å². The van der Waals surface area contributed by atoms with E-state index < -0.39 is 36.1 Å². The Hall–Kier alpha value is -0.780. The van der Waals surface area contributed by atoms with Gasteiger partial charge < -0.3 is 10.4 Å². The zero-order valence-corrected chi connectivity index (χ0v) is 6.51. The number of carboxylic acid groups (broad SMARTS) is 1. The fraction of sp³-hybridized carbons (Fsp3) is 0.857. The van der Waals surface area contributed by atoms with Crippen molar-refractivity contribution in [2.24, 2.45) is 11.8 Å². The molecule has 0 unspecified atom stereocenters. The smallest absolute Gasteiger partial charge is 0.393 e. The van der Waals surface area contributed by atoms with E-state index in [1.165, 1.54) is 0 Å². The average Bonchev–Trinajstić information content (AvgIpc) is 2.48. The van der Waals surface area contributed by atoms with Gasteiger partial charge in [0.1, 0.15) is 6.04 Å². The van der Waals surface area contributed by atoms with Crippen molar-refractivity contribution in [2.45, 2.75) is 24.7 Å². The number of hydrogen-bond acceptors (Lipinski definition) is 2. The van der Waals surface area contributed by atoms with Crippen LogP contribution in [0.1, 0.15) is 6.42 Å². The summed E-state index contributed by atoms with van der Waals surface area (Å²) in [7, 11) is 0. The van der Waals surface area contributed by atoms with E-state index in [2.05, 4.69) is 5.32 Å². The van der Waals surface area contributed by atoms with Crippen molar-refractivity contribution in [2.75, 3.05) is 0 Å². The van der Waals surface area contributed by atoms with E-state index in [1.807, 2.05) is 0 Å². The standard InChI is InChI=1S/C7H8F3NO2/c8-7(9,10)4-2-1-3(6(12)13)11-5(2)4/h2-5,11H,1H2,(H,12,13)/t2-,3+,4-,5-/m1/s1. The number of rotatable bonds is 1. The lowest BCUT2D eigenvalue weighted by Gasteiger charge is -2.12. The summed E-state index contributed by atoms with van der Waals surface area (Å²) in [5.41, 5.74) is 0. The quantitative estimate of drug-likeness (QED) is 0.644. The van der Waals surface area contributed by atoms with Crippen molar-refractivity contribution in [3.05, 3.63) is 0 Å². The normalized spacial score (nSPS) is 43.0. The summed E-state index contributed by atoms with van der Waals surface area (Å²) in [6, 6.07) is -1.44. The molecule has 0 aromatic carbocycles. The lowest BCUT2D eigenvalue weighted by molar-refractivity contribution is -0.157. The summed E-state index contributed by atoms with van der Waals surface area (Å²) in [6.45, 7) is 0. The minimum absolute atomic E-state index is 0.101. The molecule has 1 aliphatic heterocycles. The van der Waals surface area contributed by atoms with Crippen LogP contribution >= 0.6 is 0 Å². The van der Waals surface area contributed by atoms with Gasteiger partial charge in [-0.25, -0.2) is 0 Å². The number of piperidine rings is 1. The number of nitrogens with one attached hydrogen (secondary N) is 1. The predicted molar refractivity (Wildman–Crippen MR) is 36.0 cm³/mol. The molecule has 13 heavy (non-hydrogen) atoms. The minimum atomic E-state index is -4.17. The molecule has 3 nitrogen and oxygen atoms in total. The second-order valence-electron chi connectivity index (χ2n) is 3.55. The molecule has 2 rings (SSSR count). The Labute approximate surface area is 71.9 Å². The van der Waals surface area contributed by atoms with E-state index in [9.17, 15) is 18.0 Å². The second-order valence-corrected chi connectivity index (χ2v) is 3.55. The topological polar surface area (TPSA) is 49.3 Å². The van der Waals surface area contributed by atoms with Crippen LogP contribution in [-0.4, -0.2) is 29.3 Å². The van der Waals surface area contributed by atoms with Gasteiger partial charge in [0.25, 0.3) is 0 Å². The van der Waals surface area contributed by atoms with Crippen LogP contribution in [0.2, 0.25) is 0 Å².